The molecule has 26 heavy (non-hydrogen) atoms. The van der Waals surface area contributed by atoms with Crippen molar-refractivity contribution in [3.63, 3.8) is 0 Å². The summed E-state index contributed by atoms with van der Waals surface area (Å²) < 4.78 is 16.7. The molecule has 1 aromatic carbocycles. The van der Waals surface area contributed by atoms with Crippen molar-refractivity contribution >= 4 is 12.1 Å². The van der Waals surface area contributed by atoms with Crippen molar-refractivity contribution in [3.8, 4) is 11.5 Å². The Morgan fingerprint density at radius 1 is 1.31 bits per heavy atom. The first kappa shape index (κ1) is 18.0. The fraction of sp³-hybridized carbons (Fsp3) is 0.400. The highest BCUT2D eigenvalue weighted by Crippen LogP contribution is 2.47. The van der Waals surface area contributed by atoms with Gasteiger partial charge in [0.15, 0.2) is 11.5 Å². The Balaban J connectivity index is 1.61. The van der Waals surface area contributed by atoms with E-state index in [2.05, 4.69) is 17.5 Å². The zero-order valence-corrected chi connectivity index (χ0v) is 15.5. The van der Waals surface area contributed by atoms with Crippen LogP contribution in [0.4, 0.5) is 0 Å². The van der Waals surface area contributed by atoms with Crippen LogP contribution >= 0.6 is 0 Å². The topological polar surface area (TPSA) is 73.1 Å². The van der Waals surface area contributed by atoms with Gasteiger partial charge in [0.1, 0.15) is 11.5 Å². The number of nitrogens with one attached hydrogen (secondary N) is 1. The van der Waals surface area contributed by atoms with Crippen LogP contribution < -0.4 is 14.9 Å². The van der Waals surface area contributed by atoms with Crippen LogP contribution in [0.3, 0.4) is 0 Å². The second-order valence-corrected chi connectivity index (χ2v) is 6.79. The molecule has 1 saturated carbocycles. The Hall–Kier alpha value is -2.76. The fourth-order valence-electron chi connectivity index (χ4n) is 2.73. The van der Waals surface area contributed by atoms with E-state index in [1.807, 2.05) is 26.0 Å². The highest BCUT2D eigenvalue weighted by molar-refractivity contribution is 5.95. The Bertz CT molecular complexity index is 810. The first-order valence-electron chi connectivity index (χ1n) is 8.75. The Morgan fingerprint density at radius 3 is 2.73 bits per heavy atom. The van der Waals surface area contributed by atoms with Crippen LogP contribution in [-0.4, -0.2) is 25.3 Å². The smallest absolute Gasteiger partial charge is 0.271 e. The zero-order valence-electron chi connectivity index (χ0n) is 15.5. The molecule has 0 radical (unpaired) electrons. The number of ether oxygens (including phenoxy) is 2. The van der Waals surface area contributed by atoms with Crippen molar-refractivity contribution in [2.45, 2.75) is 39.2 Å². The van der Waals surface area contributed by atoms with Crippen LogP contribution in [0.5, 0.6) is 11.5 Å². The lowest BCUT2D eigenvalue weighted by Crippen LogP contribution is -2.17. The third-order valence-electron chi connectivity index (χ3n) is 4.27. The summed E-state index contributed by atoms with van der Waals surface area (Å²) in [5.74, 6) is 3.57. The average Bonchev–Trinajstić information content (AvgIpc) is 3.15. The van der Waals surface area contributed by atoms with Crippen molar-refractivity contribution in [1.29, 1.82) is 0 Å². The van der Waals surface area contributed by atoms with Gasteiger partial charge in [-0.3, -0.25) is 4.79 Å². The van der Waals surface area contributed by atoms with Crippen LogP contribution in [0.15, 0.2) is 39.9 Å². The monoisotopic (exact) mass is 356 g/mol. The highest BCUT2D eigenvalue weighted by atomic mass is 16.5. The molecule has 6 heteroatoms. The van der Waals surface area contributed by atoms with E-state index in [-0.39, 0.29) is 12.0 Å². The molecule has 1 heterocycles. The molecule has 0 bridgehead atoms. The fourth-order valence-corrected chi connectivity index (χ4v) is 2.73. The molecule has 0 saturated heterocycles. The van der Waals surface area contributed by atoms with E-state index in [0.717, 1.165) is 5.76 Å². The van der Waals surface area contributed by atoms with Crippen LogP contribution in [0, 0.1) is 5.92 Å². The maximum Gasteiger partial charge on any atom is 0.271 e. The number of hydrogen-bond acceptors (Lipinski definition) is 5. The minimum absolute atomic E-state index is 0.0185. The first-order chi connectivity index (χ1) is 12.5. The molecule has 2 atom stereocenters. The predicted molar refractivity (Wildman–Crippen MR) is 99.0 cm³/mol. The van der Waals surface area contributed by atoms with Crippen molar-refractivity contribution < 1.29 is 18.7 Å². The largest absolute Gasteiger partial charge is 0.493 e. The standard InChI is InChI=1S/C20H24N2O4/c1-12(2)25-18-7-5-14(10-19(18)24-4)20(23)22-21-11-15-6-8-17(26-15)16-9-13(16)3/h5-8,10-13,16H,9H2,1-4H3,(H,22,23)/b21-11-/t13-,16+/m0/s1. The number of hydrogen-bond donors (Lipinski definition) is 1. The summed E-state index contributed by atoms with van der Waals surface area (Å²) in [6.45, 7) is 6.06. The third-order valence-corrected chi connectivity index (χ3v) is 4.27. The molecule has 2 aromatic rings. The summed E-state index contributed by atoms with van der Waals surface area (Å²) >= 11 is 0. The van der Waals surface area contributed by atoms with Gasteiger partial charge in [0.2, 0.25) is 0 Å². The van der Waals surface area contributed by atoms with Crippen LogP contribution in [0.25, 0.3) is 0 Å². The molecule has 1 N–H and O–H groups in total. The SMILES string of the molecule is COc1cc(C(=O)N/N=C\c2ccc([C@@H]3C[C@@H]3C)o2)ccc1OC(C)C. The second-order valence-electron chi connectivity index (χ2n) is 6.79. The van der Waals surface area contributed by atoms with E-state index < -0.39 is 0 Å². The first-order valence-corrected chi connectivity index (χ1v) is 8.75. The number of nitrogens with zero attached hydrogens (tertiary/aromatic N) is 1. The molecule has 0 unspecified atom stereocenters. The van der Waals surface area contributed by atoms with Gasteiger partial charge in [0.05, 0.1) is 19.4 Å². The summed E-state index contributed by atoms with van der Waals surface area (Å²) in [4.78, 5) is 12.3. The number of furan rings is 1. The molecule has 3 rings (SSSR count). The summed E-state index contributed by atoms with van der Waals surface area (Å²) in [5, 5.41) is 3.97. The van der Waals surface area contributed by atoms with E-state index in [1.54, 1.807) is 18.2 Å². The minimum atomic E-state index is -0.335. The molecule has 138 valence electrons. The van der Waals surface area contributed by atoms with Gasteiger partial charge in [-0.15, -0.1) is 0 Å². The van der Waals surface area contributed by atoms with Crippen LogP contribution in [0.1, 0.15) is 55.0 Å². The number of carbonyl (C=O) groups excluding carboxylic acids is 1. The molecule has 0 aliphatic heterocycles. The van der Waals surface area contributed by atoms with E-state index in [1.165, 1.54) is 19.7 Å². The van der Waals surface area contributed by atoms with E-state index in [0.29, 0.717) is 34.7 Å². The van der Waals surface area contributed by atoms with E-state index >= 15 is 0 Å². The van der Waals surface area contributed by atoms with Gasteiger partial charge in [0, 0.05) is 11.5 Å². The maximum atomic E-state index is 12.3. The predicted octanol–water partition coefficient (Wildman–Crippen LogP) is 3.96. The number of hydrazone groups is 1. The van der Waals surface area contributed by atoms with Gasteiger partial charge in [0.25, 0.3) is 5.91 Å². The Kier molecular flexibility index (Phi) is 5.30. The van der Waals surface area contributed by atoms with Gasteiger partial charge >= 0.3 is 0 Å². The highest BCUT2D eigenvalue weighted by Gasteiger charge is 2.36. The van der Waals surface area contributed by atoms with Gasteiger partial charge in [-0.05, 0) is 56.5 Å². The Labute approximate surface area is 153 Å². The van der Waals surface area contributed by atoms with Crippen molar-refractivity contribution in [1.82, 2.24) is 5.43 Å². The van der Waals surface area contributed by atoms with E-state index in [4.69, 9.17) is 13.9 Å². The summed E-state index contributed by atoms with van der Waals surface area (Å²) in [5.41, 5.74) is 2.93. The van der Waals surface area contributed by atoms with Crippen LogP contribution in [0.2, 0.25) is 0 Å². The lowest BCUT2D eigenvalue weighted by Gasteiger charge is -2.14. The van der Waals surface area contributed by atoms with Crippen molar-refractivity contribution in [3.05, 3.63) is 47.4 Å². The molecular formula is C20H24N2O4. The summed E-state index contributed by atoms with van der Waals surface area (Å²) in [7, 11) is 1.54. The summed E-state index contributed by atoms with van der Waals surface area (Å²) in [6, 6.07) is 8.84. The normalized spacial score (nSPS) is 19.0. The van der Waals surface area contributed by atoms with Crippen molar-refractivity contribution in [2.24, 2.45) is 11.0 Å². The lowest BCUT2D eigenvalue weighted by molar-refractivity contribution is 0.0954. The van der Waals surface area contributed by atoms with Gasteiger partial charge < -0.3 is 13.9 Å². The average molecular weight is 356 g/mol. The minimum Gasteiger partial charge on any atom is -0.493 e. The second kappa shape index (κ2) is 7.64. The molecule has 1 aliphatic rings. The molecular weight excluding hydrogens is 332 g/mol. The number of rotatable bonds is 7. The third kappa shape index (κ3) is 4.25. The van der Waals surface area contributed by atoms with Crippen LogP contribution in [-0.2, 0) is 0 Å². The van der Waals surface area contributed by atoms with Crippen molar-refractivity contribution in [2.75, 3.05) is 7.11 Å². The van der Waals surface area contributed by atoms with Gasteiger partial charge in [-0.25, -0.2) is 5.43 Å². The zero-order chi connectivity index (χ0) is 18.7. The Morgan fingerprint density at radius 2 is 2.08 bits per heavy atom. The van der Waals surface area contributed by atoms with E-state index in [9.17, 15) is 4.79 Å². The number of carbonyl (C=O) groups is 1. The number of amides is 1. The van der Waals surface area contributed by atoms with Gasteiger partial charge in [-0.2, -0.15) is 5.10 Å². The molecule has 1 aromatic heterocycles. The molecule has 6 nitrogen and oxygen atoms in total. The quantitative estimate of drug-likeness (QED) is 0.602. The lowest BCUT2D eigenvalue weighted by atomic mass is 10.2. The summed E-state index contributed by atoms with van der Waals surface area (Å²) in [6.07, 6.45) is 2.69. The van der Waals surface area contributed by atoms with Gasteiger partial charge in [-0.1, -0.05) is 6.92 Å². The molecule has 0 spiro atoms. The molecule has 1 fully saturated rings. The maximum absolute atomic E-state index is 12.3. The molecule has 1 aliphatic carbocycles. The molecule has 1 amide bonds. The number of benzene rings is 1. The number of methoxy groups -OCH3 is 1.